The number of hydrogen-bond donors (Lipinski definition) is 1. The fourth-order valence-electron chi connectivity index (χ4n) is 3.61. The lowest BCUT2D eigenvalue weighted by molar-refractivity contribution is -0.128. The third-order valence-corrected chi connectivity index (χ3v) is 5.28. The van der Waals surface area contributed by atoms with Crippen molar-refractivity contribution in [1.29, 1.82) is 0 Å². The first-order chi connectivity index (χ1) is 14.1. The van der Waals surface area contributed by atoms with E-state index < -0.39 is 0 Å². The number of nitrogens with one attached hydrogen (secondary N) is 1. The number of carbonyl (C=O) groups is 2. The van der Waals surface area contributed by atoms with Gasteiger partial charge in [-0.25, -0.2) is 4.98 Å². The van der Waals surface area contributed by atoms with Crippen LogP contribution in [0.2, 0.25) is 0 Å². The van der Waals surface area contributed by atoms with Crippen LogP contribution in [0.5, 0.6) is 0 Å². The highest BCUT2D eigenvalue weighted by atomic mass is 16.2. The van der Waals surface area contributed by atoms with Gasteiger partial charge in [0.05, 0.1) is 12.4 Å². The summed E-state index contributed by atoms with van der Waals surface area (Å²) in [7, 11) is 0. The van der Waals surface area contributed by atoms with Gasteiger partial charge in [-0.2, -0.15) is 0 Å². The molecule has 1 atom stereocenters. The minimum absolute atomic E-state index is 0.120. The molecule has 1 saturated heterocycles. The SMILES string of the molecule is C[C@H](NC(=O)c1cccc(CN2CCCC2=O)c1)c1ccc(-n2ccnc2)cc1. The fourth-order valence-corrected chi connectivity index (χ4v) is 3.61. The van der Waals surface area contributed by atoms with E-state index in [1.54, 1.807) is 18.6 Å². The molecule has 2 amide bonds. The van der Waals surface area contributed by atoms with Gasteiger partial charge in [-0.15, -0.1) is 0 Å². The van der Waals surface area contributed by atoms with Crippen molar-refractivity contribution >= 4 is 11.8 Å². The summed E-state index contributed by atoms with van der Waals surface area (Å²) in [5, 5.41) is 3.06. The molecular formula is C23H24N4O2. The van der Waals surface area contributed by atoms with Gasteiger partial charge in [0.2, 0.25) is 5.91 Å². The lowest BCUT2D eigenvalue weighted by Crippen LogP contribution is -2.27. The van der Waals surface area contributed by atoms with Crippen molar-refractivity contribution in [2.45, 2.75) is 32.4 Å². The van der Waals surface area contributed by atoms with Crippen LogP contribution in [0.25, 0.3) is 5.69 Å². The maximum atomic E-state index is 12.7. The van der Waals surface area contributed by atoms with Crippen molar-refractivity contribution < 1.29 is 9.59 Å². The van der Waals surface area contributed by atoms with E-state index in [0.717, 1.165) is 29.8 Å². The van der Waals surface area contributed by atoms with E-state index >= 15 is 0 Å². The van der Waals surface area contributed by atoms with Crippen molar-refractivity contribution in [3.05, 3.63) is 83.9 Å². The minimum atomic E-state index is -0.122. The Morgan fingerprint density at radius 2 is 2.03 bits per heavy atom. The van der Waals surface area contributed by atoms with Crippen molar-refractivity contribution in [2.24, 2.45) is 0 Å². The molecule has 4 rings (SSSR count). The molecule has 0 unspecified atom stereocenters. The first-order valence-electron chi connectivity index (χ1n) is 9.86. The van der Waals surface area contributed by atoms with Crippen LogP contribution in [0.4, 0.5) is 0 Å². The highest BCUT2D eigenvalue weighted by Crippen LogP contribution is 2.18. The molecule has 29 heavy (non-hydrogen) atoms. The Hall–Kier alpha value is -3.41. The van der Waals surface area contributed by atoms with Crippen LogP contribution in [0.15, 0.2) is 67.3 Å². The molecule has 2 heterocycles. The van der Waals surface area contributed by atoms with Crippen LogP contribution < -0.4 is 5.32 Å². The van der Waals surface area contributed by atoms with Crippen LogP contribution in [0.1, 0.15) is 47.3 Å². The van der Waals surface area contributed by atoms with E-state index in [1.807, 2.05) is 65.1 Å². The maximum Gasteiger partial charge on any atom is 0.251 e. The average molecular weight is 388 g/mol. The molecule has 3 aromatic rings. The molecule has 148 valence electrons. The zero-order valence-electron chi connectivity index (χ0n) is 16.4. The van der Waals surface area contributed by atoms with Crippen molar-refractivity contribution in [1.82, 2.24) is 19.8 Å². The Kier molecular flexibility index (Phi) is 5.42. The first-order valence-corrected chi connectivity index (χ1v) is 9.86. The Bertz CT molecular complexity index is 996. The van der Waals surface area contributed by atoms with Crippen molar-refractivity contribution in [3.63, 3.8) is 0 Å². The topological polar surface area (TPSA) is 67.2 Å². The molecule has 0 spiro atoms. The number of rotatable bonds is 6. The normalized spacial score (nSPS) is 14.8. The van der Waals surface area contributed by atoms with E-state index in [-0.39, 0.29) is 17.9 Å². The summed E-state index contributed by atoms with van der Waals surface area (Å²) in [6.07, 6.45) is 6.92. The van der Waals surface area contributed by atoms with Crippen LogP contribution in [0, 0.1) is 0 Å². The standard InChI is InChI=1S/C23H24N4O2/c1-17(19-7-9-21(10-8-19)27-13-11-24-16-27)25-23(29)20-5-2-4-18(14-20)15-26-12-3-6-22(26)28/h2,4-5,7-11,13-14,16-17H,3,6,12,15H2,1H3,(H,25,29)/t17-/m0/s1. The summed E-state index contributed by atoms with van der Waals surface area (Å²) in [6.45, 7) is 3.32. The Morgan fingerprint density at radius 1 is 1.21 bits per heavy atom. The number of aromatic nitrogens is 2. The Labute approximate surface area is 170 Å². The number of nitrogens with zero attached hydrogens (tertiary/aromatic N) is 3. The summed E-state index contributed by atoms with van der Waals surface area (Å²) in [5.41, 5.74) is 3.64. The predicted molar refractivity (Wildman–Crippen MR) is 111 cm³/mol. The van der Waals surface area contributed by atoms with Gasteiger partial charge in [0.15, 0.2) is 0 Å². The molecule has 6 heteroatoms. The van der Waals surface area contributed by atoms with E-state index in [0.29, 0.717) is 18.5 Å². The summed E-state index contributed by atoms with van der Waals surface area (Å²) >= 11 is 0. The molecule has 6 nitrogen and oxygen atoms in total. The number of benzene rings is 2. The monoisotopic (exact) mass is 388 g/mol. The van der Waals surface area contributed by atoms with Crippen LogP contribution in [0.3, 0.4) is 0 Å². The lowest BCUT2D eigenvalue weighted by Gasteiger charge is -2.17. The molecule has 1 N–H and O–H groups in total. The first kappa shape index (κ1) is 18.9. The number of likely N-dealkylation sites (tertiary alicyclic amines) is 1. The fraction of sp³-hybridized carbons (Fsp3) is 0.261. The quantitative estimate of drug-likeness (QED) is 0.703. The van der Waals surface area contributed by atoms with E-state index in [2.05, 4.69) is 10.3 Å². The lowest BCUT2D eigenvalue weighted by atomic mass is 10.1. The number of imidazole rings is 1. The molecule has 0 aliphatic carbocycles. The molecule has 1 aliphatic heterocycles. The average Bonchev–Trinajstić information content (AvgIpc) is 3.41. The van der Waals surface area contributed by atoms with Crippen LogP contribution >= 0.6 is 0 Å². The Morgan fingerprint density at radius 3 is 2.72 bits per heavy atom. The third kappa shape index (κ3) is 4.37. The molecular weight excluding hydrogens is 364 g/mol. The van der Waals surface area contributed by atoms with Crippen molar-refractivity contribution in [3.8, 4) is 5.69 Å². The predicted octanol–water partition coefficient (Wildman–Crippen LogP) is 3.49. The zero-order valence-corrected chi connectivity index (χ0v) is 16.4. The molecule has 0 bridgehead atoms. The van der Waals surface area contributed by atoms with Gasteiger partial charge in [-0.05, 0) is 48.7 Å². The number of amides is 2. The van der Waals surface area contributed by atoms with Gasteiger partial charge >= 0.3 is 0 Å². The molecule has 1 fully saturated rings. The van der Waals surface area contributed by atoms with E-state index in [9.17, 15) is 9.59 Å². The number of hydrogen-bond acceptors (Lipinski definition) is 3. The number of carbonyl (C=O) groups excluding carboxylic acids is 2. The summed E-state index contributed by atoms with van der Waals surface area (Å²) in [4.78, 5) is 30.5. The molecule has 1 aliphatic rings. The van der Waals surface area contributed by atoms with E-state index in [4.69, 9.17) is 0 Å². The molecule has 2 aromatic carbocycles. The van der Waals surface area contributed by atoms with Gasteiger partial charge in [-0.3, -0.25) is 9.59 Å². The third-order valence-electron chi connectivity index (χ3n) is 5.28. The van der Waals surface area contributed by atoms with Crippen molar-refractivity contribution in [2.75, 3.05) is 6.54 Å². The van der Waals surface area contributed by atoms with Gasteiger partial charge in [0.25, 0.3) is 5.91 Å². The zero-order chi connectivity index (χ0) is 20.2. The summed E-state index contributed by atoms with van der Waals surface area (Å²) in [6, 6.07) is 15.4. The Balaban J connectivity index is 1.40. The minimum Gasteiger partial charge on any atom is -0.346 e. The van der Waals surface area contributed by atoms with Gasteiger partial charge in [0, 0.05) is 43.2 Å². The second-order valence-corrected chi connectivity index (χ2v) is 7.38. The second kappa shape index (κ2) is 8.31. The largest absolute Gasteiger partial charge is 0.346 e. The van der Waals surface area contributed by atoms with E-state index in [1.165, 1.54) is 0 Å². The smallest absolute Gasteiger partial charge is 0.251 e. The van der Waals surface area contributed by atoms with Crippen LogP contribution in [-0.2, 0) is 11.3 Å². The molecule has 0 saturated carbocycles. The second-order valence-electron chi connectivity index (χ2n) is 7.38. The van der Waals surface area contributed by atoms with Gasteiger partial charge < -0.3 is 14.8 Å². The van der Waals surface area contributed by atoms with Gasteiger partial charge in [-0.1, -0.05) is 24.3 Å². The summed E-state index contributed by atoms with van der Waals surface area (Å²) in [5.74, 6) is 0.0680. The highest BCUT2D eigenvalue weighted by Gasteiger charge is 2.20. The highest BCUT2D eigenvalue weighted by molar-refractivity contribution is 5.94. The molecule has 0 radical (unpaired) electrons. The summed E-state index contributed by atoms with van der Waals surface area (Å²) < 4.78 is 1.93. The maximum absolute atomic E-state index is 12.7. The molecule has 1 aromatic heterocycles. The van der Waals surface area contributed by atoms with Gasteiger partial charge in [0.1, 0.15) is 0 Å². The van der Waals surface area contributed by atoms with Crippen LogP contribution in [-0.4, -0.2) is 32.8 Å².